The van der Waals surface area contributed by atoms with Gasteiger partial charge in [0.15, 0.2) is 5.96 Å². The molecule has 0 amide bonds. The Morgan fingerprint density at radius 3 is 2.61 bits per heavy atom. The average molecular weight is 435 g/mol. The van der Waals surface area contributed by atoms with Gasteiger partial charge in [-0.1, -0.05) is 19.1 Å². The van der Waals surface area contributed by atoms with Crippen molar-refractivity contribution in [3.63, 3.8) is 0 Å². The molecule has 0 spiro atoms. The van der Waals surface area contributed by atoms with E-state index in [-0.39, 0.29) is 18.1 Å². The summed E-state index contributed by atoms with van der Waals surface area (Å²) in [5.41, 5.74) is 6.51. The normalized spacial score (nSPS) is 12.8. The summed E-state index contributed by atoms with van der Waals surface area (Å²) in [6.45, 7) is 2.35. The first-order chi connectivity index (χ1) is 14.7. The first-order valence-electron chi connectivity index (χ1n) is 9.78. The van der Waals surface area contributed by atoms with Crippen molar-refractivity contribution < 1.29 is 13.2 Å². The third kappa shape index (κ3) is 5.43. The summed E-state index contributed by atoms with van der Waals surface area (Å²) in [5, 5.41) is 12.8. The van der Waals surface area contributed by atoms with Crippen molar-refractivity contribution in [1.29, 1.82) is 5.41 Å². The standard InChI is InChI=1S/C20H24F3N7O/c1-2-14-10-13-11-30(19(31)29-17(13)28-14)15-6-4-12(5-7-15)16(20(21,22)23)26-8-3-9-27-18(24)25/h4-7,10-11,16,26H,2-3,8-9H2,1H3,(H4,24,25,27)(H,28,29,31). The molecule has 1 aromatic carbocycles. The fourth-order valence-electron chi connectivity index (χ4n) is 3.23. The maximum Gasteiger partial charge on any atom is 0.407 e. The van der Waals surface area contributed by atoms with E-state index in [1.165, 1.54) is 28.8 Å². The summed E-state index contributed by atoms with van der Waals surface area (Å²) in [7, 11) is 0. The quantitative estimate of drug-likeness (QED) is 0.211. The number of alkyl halides is 3. The number of benzene rings is 1. The molecule has 1 unspecified atom stereocenters. The number of aromatic amines is 1. The zero-order valence-electron chi connectivity index (χ0n) is 16.9. The molecule has 6 N–H and O–H groups in total. The molecule has 0 bridgehead atoms. The predicted molar refractivity (Wildman–Crippen MR) is 112 cm³/mol. The largest absolute Gasteiger partial charge is 0.407 e. The lowest BCUT2D eigenvalue weighted by Crippen LogP contribution is -2.37. The molecule has 166 valence electrons. The van der Waals surface area contributed by atoms with Gasteiger partial charge in [0.1, 0.15) is 11.7 Å². The lowest BCUT2D eigenvalue weighted by atomic mass is 10.1. The van der Waals surface area contributed by atoms with Crippen LogP contribution in [0.15, 0.2) is 41.3 Å². The average Bonchev–Trinajstić information content (AvgIpc) is 3.11. The molecule has 0 aliphatic carbocycles. The van der Waals surface area contributed by atoms with E-state index in [2.05, 4.69) is 20.6 Å². The van der Waals surface area contributed by atoms with Crippen LogP contribution in [0.2, 0.25) is 0 Å². The number of nitrogens with two attached hydrogens (primary N) is 1. The second kappa shape index (κ2) is 9.21. The summed E-state index contributed by atoms with van der Waals surface area (Å²) >= 11 is 0. The van der Waals surface area contributed by atoms with E-state index < -0.39 is 17.9 Å². The van der Waals surface area contributed by atoms with Crippen molar-refractivity contribution >= 4 is 17.0 Å². The van der Waals surface area contributed by atoms with Crippen molar-refractivity contribution in [1.82, 2.24) is 25.2 Å². The zero-order valence-corrected chi connectivity index (χ0v) is 16.9. The number of hydrogen-bond donors (Lipinski definition) is 5. The van der Waals surface area contributed by atoms with Crippen LogP contribution in [0, 0.1) is 5.41 Å². The van der Waals surface area contributed by atoms with Crippen LogP contribution >= 0.6 is 0 Å². The van der Waals surface area contributed by atoms with Gasteiger partial charge < -0.3 is 21.4 Å². The highest BCUT2D eigenvalue weighted by molar-refractivity contribution is 5.75. The maximum absolute atomic E-state index is 13.5. The smallest absolute Gasteiger partial charge is 0.370 e. The SMILES string of the molecule is CCc1cc2cn(-c3ccc(C(NCCCNC(=N)N)C(F)(F)F)cc3)c(=O)nc2[nH]1. The van der Waals surface area contributed by atoms with Crippen molar-refractivity contribution in [3.8, 4) is 5.69 Å². The molecule has 3 rings (SSSR count). The van der Waals surface area contributed by atoms with Gasteiger partial charge in [-0.05, 0) is 43.1 Å². The minimum Gasteiger partial charge on any atom is -0.370 e. The van der Waals surface area contributed by atoms with Gasteiger partial charge in [-0.3, -0.25) is 9.98 Å². The van der Waals surface area contributed by atoms with E-state index in [4.69, 9.17) is 11.1 Å². The lowest BCUT2D eigenvalue weighted by molar-refractivity contribution is -0.157. The molecule has 0 radical (unpaired) electrons. The topological polar surface area (TPSA) is 125 Å². The van der Waals surface area contributed by atoms with Crippen molar-refractivity contribution in [2.24, 2.45) is 5.73 Å². The second-order valence-corrected chi connectivity index (χ2v) is 7.06. The molecule has 0 fully saturated rings. The monoisotopic (exact) mass is 435 g/mol. The summed E-state index contributed by atoms with van der Waals surface area (Å²) in [6, 6.07) is 5.66. The van der Waals surface area contributed by atoms with Crippen LogP contribution in [-0.2, 0) is 6.42 Å². The summed E-state index contributed by atoms with van der Waals surface area (Å²) < 4.78 is 41.9. The van der Waals surface area contributed by atoms with Gasteiger partial charge in [0, 0.05) is 23.8 Å². The van der Waals surface area contributed by atoms with Gasteiger partial charge in [0.05, 0.1) is 5.69 Å². The highest BCUT2D eigenvalue weighted by Gasteiger charge is 2.40. The molecule has 8 nitrogen and oxygen atoms in total. The second-order valence-electron chi connectivity index (χ2n) is 7.06. The van der Waals surface area contributed by atoms with Crippen molar-refractivity contribution in [3.05, 3.63) is 58.3 Å². The Labute approximate surface area is 176 Å². The van der Waals surface area contributed by atoms with Crippen LogP contribution in [0.4, 0.5) is 13.2 Å². The fourth-order valence-corrected chi connectivity index (χ4v) is 3.23. The molecule has 2 aromatic heterocycles. The Bertz CT molecular complexity index is 1100. The molecule has 0 aliphatic heterocycles. The number of nitrogens with one attached hydrogen (secondary N) is 4. The molecule has 31 heavy (non-hydrogen) atoms. The molecule has 1 atom stereocenters. The van der Waals surface area contributed by atoms with E-state index >= 15 is 0 Å². The van der Waals surface area contributed by atoms with Crippen molar-refractivity contribution in [2.45, 2.75) is 32.0 Å². The Kier molecular flexibility index (Phi) is 6.64. The van der Waals surface area contributed by atoms with Crippen LogP contribution < -0.4 is 22.1 Å². The number of guanidine groups is 1. The molecule has 0 aliphatic rings. The minimum atomic E-state index is -4.49. The first-order valence-corrected chi connectivity index (χ1v) is 9.78. The van der Waals surface area contributed by atoms with Crippen LogP contribution in [0.5, 0.6) is 0 Å². The third-order valence-electron chi connectivity index (χ3n) is 4.79. The number of hydrogen-bond acceptors (Lipinski definition) is 4. The highest BCUT2D eigenvalue weighted by Crippen LogP contribution is 2.33. The Morgan fingerprint density at radius 1 is 1.29 bits per heavy atom. The number of halogens is 3. The molecular formula is C20H24F3N7O. The van der Waals surface area contributed by atoms with Crippen molar-refractivity contribution in [2.75, 3.05) is 13.1 Å². The van der Waals surface area contributed by atoms with Crippen LogP contribution in [0.25, 0.3) is 16.7 Å². The van der Waals surface area contributed by atoms with Gasteiger partial charge in [0.2, 0.25) is 0 Å². The van der Waals surface area contributed by atoms with Gasteiger partial charge in [-0.25, -0.2) is 4.79 Å². The summed E-state index contributed by atoms with van der Waals surface area (Å²) in [5.74, 6) is -0.226. The van der Waals surface area contributed by atoms with E-state index in [0.717, 1.165) is 17.5 Å². The maximum atomic E-state index is 13.5. The number of nitrogens with zero attached hydrogens (tertiary/aromatic N) is 2. The van der Waals surface area contributed by atoms with Gasteiger partial charge >= 0.3 is 11.9 Å². The highest BCUT2D eigenvalue weighted by atomic mass is 19.4. The minimum absolute atomic E-state index is 0.0350. The summed E-state index contributed by atoms with van der Waals surface area (Å²) in [6.07, 6.45) is -1.75. The first kappa shape index (κ1) is 22.3. The Morgan fingerprint density at radius 2 is 2.00 bits per heavy atom. The molecule has 0 saturated carbocycles. The molecule has 2 heterocycles. The fraction of sp³-hybridized carbons (Fsp3) is 0.350. The molecule has 0 saturated heterocycles. The number of fused-ring (bicyclic) bond motifs is 1. The van der Waals surface area contributed by atoms with Crippen LogP contribution in [0.3, 0.4) is 0 Å². The molecule has 11 heteroatoms. The van der Waals surface area contributed by atoms with E-state index in [1.54, 1.807) is 6.20 Å². The van der Waals surface area contributed by atoms with Gasteiger partial charge in [0.25, 0.3) is 0 Å². The zero-order chi connectivity index (χ0) is 22.6. The predicted octanol–water partition coefficient (Wildman–Crippen LogP) is 2.34. The lowest BCUT2D eigenvalue weighted by Gasteiger charge is -2.22. The number of rotatable bonds is 8. The third-order valence-corrected chi connectivity index (χ3v) is 4.79. The molecule has 3 aromatic rings. The molecular weight excluding hydrogens is 411 g/mol. The Hall–Kier alpha value is -3.34. The van der Waals surface area contributed by atoms with Gasteiger partial charge in [-0.2, -0.15) is 18.2 Å². The van der Waals surface area contributed by atoms with E-state index in [0.29, 0.717) is 24.3 Å². The number of aryl methyl sites for hydroxylation is 1. The Balaban J connectivity index is 1.79. The van der Waals surface area contributed by atoms with E-state index in [1.807, 2.05) is 13.0 Å². The van der Waals surface area contributed by atoms with Crippen LogP contribution in [-0.4, -0.2) is 39.8 Å². The van der Waals surface area contributed by atoms with Gasteiger partial charge in [-0.15, -0.1) is 0 Å². The number of aromatic nitrogens is 3. The van der Waals surface area contributed by atoms with Crippen LogP contribution in [0.1, 0.15) is 30.6 Å². The summed E-state index contributed by atoms with van der Waals surface area (Å²) in [4.78, 5) is 19.4. The van der Waals surface area contributed by atoms with E-state index in [9.17, 15) is 18.0 Å². The number of H-pyrrole nitrogens is 1.